The van der Waals surface area contributed by atoms with E-state index in [4.69, 9.17) is 4.74 Å². The summed E-state index contributed by atoms with van der Waals surface area (Å²) in [5, 5.41) is 0. The number of sulfone groups is 1. The normalized spacial score (nSPS) is 15.7. The van der Waals surface area contributed by atoms with Crippen molar-refractivity contribution in [3.63, 3.8) is 0 Å². The maximum Gasteiger partial charge on any atom is 0.253 e. The van der Waals surface area contributed by atoms with Crippen LogP contribution in [0.25, 0.3) is 0 Å². The number of benzene rings is 2. The molecule has 6 heteroatoms. The van der Waals surface area contributed by atoms with E-state index in [-0.39, 0.29) is 17.6 Å². The van der Waals surface area contributed by atoms with Crippen LogP contribution < -0.4 is 4.74 Å². The quantitative estimate of drug-likeness (QED) is 0.808. The molecule has 2 aromatic carbocycles. The lowest BCUT2D eigenvalue weighted by Crippen LogP contribution is -2.39. The Hall–Kier alpha value is -2.34. The van der Waals surface area contributed by atoms with Gasteiger partial charge in [0.1, 0.15) is 5.75 Å². The Balaban J connectivity index is 1.60. The fraction of sp³-hybridized carbons (Fsp3) is 0.350. The predicted octanol–water partition coefficient (Wildman–Crippen LogP) is 3.02. The Kier molecular flexibility index (Phi) is 5.61. The molecule has 2 aromatic rings. The average Bonchev–Trinajstić information content (AvgIpc) is 2.68. The summed E-state index contributed by atoms with van der Waals surface area (Å²) in [6.07, 6.45) is 1.39. The first-order valence-electron chi connectivity index (χ1n) is 8.71. The first-order valence-corrected chi connectivity index (χ1v) is 10.4. The third-order valence-corrected chi connectivity index (χ3v) is 6.68. The summed E-state index contributed by atoms with van der Waals surface area (Å²) in [4.78, 5) is 14.8. The summed E-state index contributed by atoms with van der Waals surface area (Å²) < 4.78 is 30.2. The van der Waals surface area contributed by atoms with Crippen LogP contribution in [0.4, 0.5) is 0 Å². The smallest absolute Gasteiger partial charge is 0.253 e. The van der Waals surface area contributed by atoms with Crippen molar-refractivity contribution >= 4 is 15.7 Å². The van der Waals surface area contributed by atoms with Crippen molar-refractivity contribution in [2.24, 2.45) is 5.92 Å². The third-order valence-electron chi connectivity index (χ3n) is 4.78. The van der Waals surface area contributed by atoms with Crippen LogP contribution in [-0.2, 0) is 9.84 Å². The minimum Gasteiger partial charge on any atom is -0.497 e. The summed E-state index contributed by atoms with van der Waals surface area (Å²) >= 11 is 0. The summed E-state index contributed by atoms with van der Waals surface area (Å²) in [7, 11) is -1.71. The number of rotatable bonds is 5. The summed E-state index contributed by atoms with van der Waals surface area (Å²) in [6.45, 7) is 1.15. The molecular formula is C20H23NO4S. The lowest BCUT2D eigenvalue weighted by atomic mass is 9.98. The molecular weight excluding hydrogens is 350 g/mol. The van der Waals surface area contributed by atoms with Crippen molar-refractivity contribution in [1.82, 2.24) is 4.90 Å². The molecule has 1 aliphatic rings. The van der Waals surface area contributed by atoms with Gasteiger partial charge in [0.15, 0.2) is 9.84 Å². The molecule has 1 fully saturated rings. The molecule has 1 amide bonds. The first-order chi connectivity index (χ1) is 12.5. The van der Waals surface area contributed by atoms with E-state index in [1.807, 2.05) is 6.07 Å². The van der Waals surface area contributed by atoms with Gasteiger partial charge in [-0.1, -0.05) is 24.3 Å². The summed E-state index contributed by atoms with van der Waals surface area (Å²) in [6, 6.07) is 15.7. The van der Waals surface area contributed by atoms with Gasteiger partial charge in [-0.15, -0.1) is 0 Å². The van der Waals surface area contributed by atoms with Crippen LogP contribution in [0.2, 0.25) is 0 Å². The fourth-order valence-corrected chi connectivity index (χ4v) is 4.99. The van der Waals surface area contributed by atoms with Gasteiger partial charge in [-0.2, -0.15) is 0 Å². The number of piperidine rings is 1. The molecule has 0 radical (unpaired) electrons. The number of nitrogens with zero attached hydrogens (tertiary/aromatic N) is 1. The van der Waals surface area contributed by atoms with Crippen LogP contribution in [-0.4, -0.2) is 45.2 Å². The second-order valence-corrected chi connectivity index (χ2v) is 8.60. The number of carbonyl (C=O) groups is 1. The van der Waals surface area contributed by atoms with Gasteiger partial charge in [-0.25, -0.2) is 8.42 Å². The van der Waals surface area contributed by atoms with Crippen LogP contribution in [0.15, 0.2) is 59.5 Å². The van der Waals surface area contributed by atoms with E-state index >= 15 is 0 Å². The van der Waals surface area contributed by atoms with Crippen LogP contribution in [0.1, 0.15) is 23.2 Å². The number of hydrogen-bond acceptors (Lipinski definition) is 4. The molecule has 0 N–H and O–H groups in total. The monoisotopic (exact) mass is 373 g/mol. The molecule has 0 aromatic heterocycles. The fourth-order valence-electron chi connectivity index (χ4n) is 3.28. The summed E-state index contributed by atoms with van der Waals surface area (Å²) in [5.41, 5.74) is 0.597. The molecule has 0 atom stereocenters. The topological polar surface area (TPSA) is 63.7 Å². The largest absolute Gasteiger partial charge is 0.497 e. The Morgan fingerprint density at radius 3 is 2.42 bits per heavy atom. The predicted molar refractivity (Wildman–Crippen MR) is 100 cm³/mol. The van der Waals surface area contributed by atoms with E-state index < -0.39 is 9.84 Å². The zero-order valence-electron chi connectivity index (χ0n) is 14.8. The molecule has 5 nitrogen and oxygen atoms in total. The van der Waals surface area contributed by atoms with Crippen molar-refractivity contribution in [3.8, 4) is 5.75 Å². The lowest BCUT2D eigenvalue weighted by molar-refractivity contribution is 0.0698. The highest BCUT2D eigenvalue weighted by Crippen LogP contribution is 2.24. The van der Waals surface area contributed by atoms with Gasteiger partial charge in [0.2, 0.25) is 0 Å². The van der Waals surface area contributed by atoms with Crippen molar-refractivity contribution in [2.45, 2.75) is 17.7 Å². The van der Waals surface area contributed by atoms with Crippen LogP contribution in [0.5, 0.6) is 5.75 Å². The van der Waals surface area contributed by atoms with E-state index in [0.29, 0.717) is 42.1 Å². The first kappa shape index (κ1) is 18.5. The number of likely N-dealkylation sites (tertiary alicyclic amines) is 1. The van der Waals surface area contributed by atoms with Crippen LogP contribution in [0, 0.1) is 5.92 Å². The van der Waals surface area contributed by atoms with Gasteiger partial charge in [-0.05, 0) is 49.1 Å². The molecule has 0 unspecified atom stereocenters. The van der Waals surface area contributed by atoms with Gasteiger partial charge in [0, 0.05) is 18.7 Å². The molecule has 26 heavy (non-hydrogen) atoms. The van der Waals surface area contributed by atoms with Crippen molar-refractivity contribution in [1.29, 1.82) is 0 Å². The molecule has 1 aliphatic heterocycles. The Morgan fingerprint density at radius 2 is 1.77 bits per heavy atom. The Morgan fingerprint density at radius 1 is 1.08 bits per heavy atom. The second kappa shape index (κ2) is 7.91. The standard InChI is InChI=1S/C20H23NO4S/c1-25-18-7-5-6-17(14-18)20(22)21-12-10-16(11-13-21)15-26(23,24)19-8-3-2-4-9-19/h2-9,14,16H,10-13,15H2,1H3. The minimum absolute atomic E-state index is 0.0340. The molecule has 1 heterocycles. The van der Waals surface area contributed by atoms with E-state index in [9.17, 15) is 13.2 Å². The third kappa shape index (κ3) is 4.25. The zero-order chi connectivity index (χ0) is 18.6. The molecule has 138 valence electrons. The van der Waals surface area contributed by atoms with Crippen molar-refractivity contribution in [2.75, 3.05) is 26.0 Å². The second-order valence-electron chi connectivity index (χ2n) is 6.56. The van der Waals surface area contributed by atoms with Crippen molar-refractivity contribution < 1.29 is 17.9 Å². The highest BCUT2D eigenvalue weighted by Gasteiger charge is 2.28. The summed E-state index contributed by atoms with van der Waals surface area (Å²) in [5.74, 6) is 0.834. The lowest BCUT2D eigenvalue weighted by Gasteiger charge is -2.32. The highest BCUT2D eigenvalue weighted by atomic mass is 32.2. The molecule has 0 saturated carbocycles. The van der Waals surface area contributed by atoms with E-state index in [0.717, 1.165) is 0 Å². The van der Waals surface area contributed by atoms with Crippen molar-refractivity contribution in [3.05, 3.63) is 60.2 Å². The van der Waals surface area contributed by atoms with E-state index in [1.165, 1.54) is 0 Å². The molecule has 0 spiro atoms. The van der Waals surface area contributed by atoms with Gasteiger partial charge in [0.25, 0.3) is 5.91 Å². The number of amides is 1. The molecule has 0 bridgehead atoms. The average molecular weight is 373 g/mol. The number of ether oxygens (including phenoxy) is 1. The SMILES string of the molecule is COc1cccc(C(=O)N2CCC(CS(=O)(=O)c3ccccc3)CC2)c1. The van der Waals surface area contributed by atoms with Gasteiger partial charge in [0.05, 0.1) is 17.8 Å². The van der Waals surface area contributed by atoms with Gasteiger partial charge >= 0.3 is 0 Å². The van der Waals surface area contributed by atoms with E-state index in [1.54, 1.807) is 60.5 Å². The molecule has 0 aliphatic carbocycles. The van der Waals surface area contributed by atoms with Gasteiger partial charge in [-0.3, -0.25) is 4.79 Å². The Labute approximate surface area is 154 Å². The van der Waals surface area contributed by atoms with Crippen LogP contribution >= 0.6 is 0 Å². The van der Waals surface area contributed by atoms with E-state index in [2.05, 4.69) is 0 Å². The minimum atomic E-state index is -3.28. The Bertz CT molecular complexity index is 856. The number of carbonyl (C=O) groups excluding carboxylic acids is 1. The highest BCUT2D eigenvalue weighted by molar-refractivity contribution is 7.91. The molecule has 3 rings (SSSR count). The van der Waals surface area contributed by atoms with Gasteiger partial charge < -0.3 is 9.64 Å². The zero-order valence-corrected chi connectivity index (χ0v) is 15.6. The molecule has 1 saturated heterocycles. The maximum absolute atomic E-state index is 12.6. The van der Waals surface area contributed by atoms with Crippen LogP contribution in [0.3, 0.4) is 0 Å². The number of hydrogen-bond donors (Lipinski definition) is 0. The maximum atomic E-state index is 12.6. The number of methoxy groups -OCH3 is 1.